The summed E-state index contributed by atoms with van der Waals surface area (Å²) < 4.78 is 17.3. The van der Waals surface area contributed by atoms with Gasteiger partial charge >= 0.3 is 5.97 Å². The maximum atomic E-state index is 10.3. The van der Waals surface area contributed by atoms with Gasteiger partial charge in [-0.15, -0.1) is 0 Å². The molecule has 0 unspecified atom stereocenters. The van der Waals surface area contributed by atoms with Crippen LogP contribution in [-0.4, -0.2) is 87.7 Å². The van der Waals surface area contributed by atoms with Gasteiger partial charge in [0.15, 0.2) is 11.5 Å². The molecule has 0 saturated heterocycles. The van der Waals surface area contributed by atoms with E-state index in [9.17, 15) is 9.90 Å². The number of carbonyl (C=O) groups excluding carboxylic acids is 1. The van der Waals surface area contributed by atoms with E-state index in [-0.39, 0.29) is 17.5 Å². The van der Waals surface area contributed by atoms with Crippen molar-refractivity contribution in [1.82, 2.24) is 4.90 Å². The van der Waals surface area contributed by atoms with E-state index in [1.165, 1.54) is 18.1 Å². The smallest absolute Gasteiger partial charge is 0.302 e. The van der Waals surface area contributed by atoms with Crippen molar-refractivity contribution in [1.29, 1.82) is 0 Å². The largest absolute Gasteiger partial charge is 0.493 e. The Balaban J connectivity index is 0.000000233. The molecule has 4 rings (SSSR count). The Morgan fingerprint density at radius 3 is 2.74 bits per heavy atom. The van der Waals surface area contributed by atoms with Gasteiger partial charge in [-0.2, -0.15) is 0 Å². The third kappa shape index (κ3) is 5.22. The Hall–Kier alpha value is -2.09. The van der Waals surface area contributed by atoms with Crippen LogP contribution in [0.1, 0.15) is 30.9 Å². The van der Waals surface area contributed by atoms with Gasteiger partial charge in [-0.05, 0) is 31.6 Å². The first-order valence-electron chi connectivity index (χ1n) is 10.9. The maximum absolute atomic E-state index is 10.3. The third-order valence-electron chi connectivity index (χ3n) is 6.21. The lowest BCUT2D eigenvalue weighted by atomic mass is 9.69. The molecule has 7 heteroatoms. The molecule has 0 aromatic heterocycles. The van der Waals surface area contributed by atoms with Crippen LogP contribution >= 0.6 is 0 Å². The van der Waals surface area contributed by atoms with Crippen LogP contribution in [0, 0.1) is 0 Å². The van der Waals surface area contributed by atoms with Crippen LogP contribution in [0.5, 0.6) is 11.5 Å². The molecule has 1 aromatic carbocycles. The van der Waals surface area contributed by atoms with Crippen molar-refractivity contribution in [3.05, 3.63) is 35.4 Å². The van der Waals surface area contributed by atoms with Gasteiger partial charge in [-0.3, -0.25) is 4.79 Å². The van der Waals surface area contributed by atoms with Crippen molar-refractivity contribution < 1.29 is 28.6 Å². The molecular weight excluding hydrogens is 396 g/mol. The topological polar surface area (TPSA) is 68.2 Å². The summed E-state index contributed by atoms with van der Waals surface area (Å²) in [6, 6.07) is 4.16. The van der Waals surface area contributed by atoms with E-state index in [0.717, 1.165) is 42.0 Å². The molecule has 1 aromatic rings. The Kier molecular flexibility index (Phi) is 6.98. The van der Waals surface area contributed by atoms with Gasteiger partial charge in [0.25, 0.3) is 0 Å². The molecule has 0 saturated carbocycles. The Bertz CT molecular complexity index is 832. The maximum Gasteiger partial charge on any atom is 0.302 e. The molecule has 1 N–H and O–H groups in total. The highest BCUT2D eigenvalue weighted by Gasteiger charge is 2.52. The summed E-state index contributed by atoms with van der Waals surface area (Å²) >= 11 is 0. The molecule has 1 spiro atoms. The molecule has 7 nitrogen and oxygen atoms in total. The van der Waals surface area contributed by atoms with Crippen LogP contribution in [0.2, 0.25) is 0 Å². The highest BCUT2D eigenvalue weighted by Crippen LogP contribution is 2.55. The summed E-state index contributed by atoms with van der Waals surface area (Å²) in [6.45, 7) is 4.76. The fourth-order valence-electron chi connectivity index (χ4n) is 4.54. The Labute approximate surface area is 185 Å². The average molecular weight is 434 g/mol. The fourth-order valence-corrected chi connectivity index (χ4v) is 4.54. The van der Waals surface area contributed by atoms with Gasteiger partial charge in [-0.25, -0.2) is 0 Å². The zero-order valence-corrected chi connectivity index (χ0v) is 19.7. The molecule has 2 heterocycles. The molecule has 0 fully saturated rings. The predicted molar refractivity (Wildman–Crippen MR) is 119 cm³/mol. The highest BCUT2D eigenvalue weighted by atomic mass is 16.5. The molecule has 172 valence electrons. The lowest BCUT2D eigenvalue weighted by Gasteiger charge is -2.35. The molecule has 0 bridgehead atoms. The van der Waals surface area contributed by atoms with E-state index >= 15 is 0 Å². The van der Waals surface area contributed by atoms with E-state index in [1.807, 2.05) is 12.1 Å². The molecule has 3 atom stereocenters. The van der Waals surface area contributed by atoms with Crippen molar-refractivity contribution in [2.24, 2.45) is 0 Å². The van der Waals surface area contributed by atoms with Gasteiger partial charge in [0.1, 0.15) is 19.3 Å². The van der Waals surface area contributed by atoms with E-state index in [1.54, 1.807) is 7.11 Å². The lowest BCUT2D eigenvalue weighted by Crippen LogP contribution is -2.42. The number of likely N-dealkylation sites (N-methyl/N-ethyl adjacent to an activating group) is 1. The van der Waals surface area contributed by atoms with E-state index < -0.39 is 6.10 Å². The molecular formula is C24H37N2O5+. The van der Waals surface area contributed by atoms with Crippen LogP contribution in [-0.2, 0) is 21.5 Å². The summed E-state index contributed by atoms with van der Waals surface area (Å²) in [5.74, 6) is 1.48. The van der Waals surface area contributed by atoms with Crippen LogP contribution in [0.3, 0.4) is 0 Å². The number of methoxy groups -OCH3 is 1. The summed E-state index contributed by atoms with van der Waals surface area (Å²) in [7, 11) is 10.0. The van der Waals surface area contributed by atoms with E-state index in [2.05, 4.69) is 45.2 Å². The Morgan fingerprint density at radius 2 is 2.10 bits per heavy atom. The number of esters is 1. The first-order chi connectivity index (χ1) is 14.6. The summed E-state index contributed by atoms with van der Waals surface area (Å²) in [5.41, 5.74) is 2.48. The minimum absolute atomic E-state index is 0.00838. The molecule has 3 aliphatic rings. The highest BCUT2D eigenvalue weighted by molar-refractivity contribution is 5.65. The zero-order valence-electron chi connectivity index (χ0n) is 19.7. The van der Waals surface area contributed by atoms with Gasteiger partial charge in [0, 0.05) is 25.5 Å². The third-order valence-corrected chi connectivity index (χ3v) is 6.21. The second-order valence-electron chi connectivity index (χ2n) is 9.78. The number of rotatable bonds is 4. The van der Waals surface area contributed by atoms with E-state index in [0.29, 0.717) is 13.0 Å². The molecule has 31 heavy (non-hydrogen) atoms. The van der Waals surface area contributed by atoms with E-state index in [4.69, 9.17) is 14.2 Å². The van der Waals surface area contributed by atoms with Crippen molar-refractivity contribution in [2.75, 3.05) is 55.0 Å². The number of hydrogen-bond acceptors (Lipinski definition) is 6. The molecule has 0 radical (unpaired) electrons. The van der Waals surface area contributed by atoms with Crippen LogP contribution in [0.4, 0.5) is 0 Å². The monoisotopic (exact) mass is 433 g/mol. The lowest BCUT2D eigenvalue weighted by molar-refractivity contribution is -0.870. The number of aliphatic hydroxyl groups excluding tert-OH is 1. The minimum atomic E-state index is -0.412. The van der Waals surface area contributed by atoms with Crippen LogP contribution in [0.25, 0.3) is 0 Å². The van der Waals surface area contributed by atoms with Crippen molar-refractivity contribution in [2.45, 2.75) is 43.9 Å². The van der Waals surface area contributed by atoms with Gasteiger partial charge in [-0.1, -0.05) is 18.2 Å². The van der Waals surface area contributed by atoms with Crippen molar-refractivity contribution in [3.63, 3.8) is 0 Å². The number of ether oxygens (including phenoxy) is 3. The number of carbonyl (C=O) groups is 1. The average Bonchev–Trinajstić information content (AvgIpc) is 2.92. The number of quaternary nitrogens is 1. The molecule has 0 amide bonds. The van der Waals surface area contributed by atoms with Crippen molar-refractivity contribution in [3.8, 4) is 11.5 Å². The number of aliphatic hydroxyl groups is 1. The zero-order chi connectivity index (χ0) is 22.8. The summed E-state index contributed by atoms with van der Waals surface area (Å²) in [4.78, 5) is 12.7. The quantitative estimate of drug-likeness (QED) is 0.446. The molecule has 1 aliphatic carbocycles. The van der Waals surface area contributed by atoms with Gasteiger partial charge in [0.05, 0.1) is 39.8 Å². The first-order valence-corrected chi connectivity index (χ1v) is 10.9. The summed E-state index contributed by atoms with van der Waals surface area (Å²) in [6.07, 6.45) is 5.38. The van der Waals surface area contributed by atoms with Crippen LogP contribution < -0.4 is 9.47 Å². The Morgan fingerprint density at radius 1 is 1.35 bits per heavy atom. The van der Waals surface area contributed by atoms with Gasteiger partial charge in [0.2, 0.25) is 0 Å². The normalized spacial score (nSPS) is 26.5. The second kappa shape index (κ2) is 9.18. The fraction of sp³-hybridized carbons (Fsp3) is 0.625. The first kappa shape index (κ1) is 23.6. The van der Waals surface area contributed by atoms with Crippen LogP contribution in [0.15, 0.2) is 24.3 Å². The standard InChI is InChI=1S/C17H21NO3.C7H16NO2/c1-18-8-7-17-6-5-12(19)9-14(17)21-16-13(20-2)4-3-11(10-18)15(16)17;1-7(9)10-6-5-8(2,3)4/h3-6,12,14,19H,7-10H2,1-2H3;5-6H2,1-4H3/q;+1/t12-,14-,17-;/m0./s1. The van der Waals surface area contributed by atoms with Gasteiger partial charge < -0.3 is 28.7 Å². The summed E-state index contributed by atoms with van der Waals surface area (Å²) in [5, 5.41) is 9.97. The van der Waals surface area contributed by atoms with Crippen molar-refractivity contribution >= 4 is 5.97 Å². The number of benzene rings is 1. The number of nitrogens with zero attached hydrogens (tertiary/aromatic N) is 2. The second-order valence-corrected chi connectivity index (χ2v) is 9.78. The number of hydrogen-bond donors (Lipinski definition) is 1. The predicted octanol–water partition coefficient (Wildman–Crippen LogP) is 2.11. The SMILES string of the molecule is CC(=O)OCC[N+](C)(C)C.COc1ccc2c3c1O[C@H]1C[C@@H](O)C=C[C@@]31CCN(C)C2. The molecule has 2 aliphatic heterocycles. The minimum Gasteiger partial charge on any atom is -0.493 e.